The van der Waals surface area contributed by atoms with Gasteiger partial charge in [-0.15, -0.1) is 0 Å². The number of alkyl carbamates (subject to hydrolysis) is 1. The Morgan fingerprint density at radius 2 is 1.76 bits per heavy atom. The first-order valence-corrected chi connectivity index (χ1v) is 13.5. The van der Waals surface area contributed by atoms with E-state index in [0.29, 0.717) is 6.42 Å². The van der Waals surface area contributed by atoms with Crippen molar-refractivity contribution in [3.63, 3.8) is 0 Å². The average Bonchev–Trinajstić information content (AvgIpc) is 2.84. The summed E-state index contributed by atoms with van der Waals surface area (Å²) in [4.78, 5) is 53.6. The van der Waals surface area contributed by atoms with Crippen LogP contribution in [0.4, 0.5) is 4.79 Å². The van der Waals surface area contributed by atoms with Crippen LogP contribution in [-0.2, 0) is 19.1 Å². The second-order valence-electron chi connectivity index (χ2n) is 11.0. The lowest BCUT2D eigenvalue weighted by Gasteiger charge is -2.39. The second-order valence-corrected chi connectivity index (χ2v) is 11.0. The Morgan fingerprint density at radius 3 is 2.32 bits per heavy atom. The Balaban J connectivity index is 2.50. The summed E-state index contributed by atoms with van der Waals surface area (Å²) in [6, 6.07) is 3.62. The molecule has 0 saturated heterocycles. The van der Waals surface area contributed by atoms with Crippen LogP contribution in [0.25, 0.3) is 0 Å². The molecule has 3 atom stereocenters. The first-order valence-electron chi connectivity index (χ1n) is 13.5. The molecule has 0 spiro atoms. The van der Waals surface area contributed by atoms with E-state index in [9.17, 15) is 24.3 Å². The summed E-state index contributed by atoms with van der Waals surface area (Å²) >= 11 is 0. The molecule has 5 N–H and O–H groups in total. The maximum absolute atomic E-state index is 14.1. The predicted octanol–water partition coefficient (Wildman–Crippen LogP) is 3.67. The molecule has 1 fully saturated rings. The lowest BCUT2D eigenvalue weighted by molar-refractivity contribution is -0.145. The number of hydrogen-bond acceptors (Lipinski definition) is 6. The summed E-state index contributed by atoms with van der Waals surface area (Å²) in [5, 5.41) is 16.4. The first kappa shape index (κ1) is 30.9. The molecule has 0 aliphatic heterocycles. The van der Waals surface area contributed by atoms with Gasteiger partial charge in [0, 0.05) is 24.1 Å². The summed E-state index contributed by atoms with van der Waals surface area (Å²) in [6.07, 6.45) is 4.27. The van der Waals surface area contributed by atoms with Gasteiger partial charge in [-0.05, 0) is 59.4 Å². The van der Waals surface area contributed by atoms with Crippen LogP contribution in [-0.4, -0.2) is 57.5 Å². The highest BCUT2D eigenvalue weighted by Gasteiger charge is 2.40. The predicted molar refractivity (Wildman–Crippen MR) is 144 cm³/mol. The van der Waals surface area contributed by atoms with Crippen molar-refractivity contribution >= 4 is 23.8 Å². The van der Waals surface area contributed by atoms with Crippen LogP contribution >= 0.6 is 0 Å². The van der Waals surface area contributed by atoms with E-state index in [1.807, 2.05) is 6.92 Å². The number of carbonyl (C=O) groups excluding carboxylic acids is 4. The van der Waals surface area contributed by atoms with Crippen molar-refractivity contribution in [2.75, 3.05) is 0 Å². The third-order valence-corrected chi connectivity index (χ3v) is 6.70. The lowest BCUT2D eigenvalue weighted by atomic mass is 9.94. The van der Waals surface area contributed by atoms with E-state index in [1.54, 1.807) is 45.9 Å². The number of hydrogen-bond donors (Lipinski definition) is 4. The molecular formula is C28H44N4O6. The summed E-state index contributed by atoms with van der Waals surface area (Å²) in [6.45, 7) is 8.77. The van der Waals surface area contributed by atoms with Gasteiger partial charge in [0.25, 0.3) is 0 Å². The fourth-order valence-corrected chi connectivity index (χ4v) is 4.63. The highest BCUT2D eigenvalue weighted by atomic mass is 16.6. The van der Waals surface area contributed by atoms with Gasteiger partial charge in [0.15, 0.2) is 0 Å². The quantitative estimate of drug-likeness (QED) is 0.341. The topological polar surface area (TPSA) is 151 Å². The van der Waals surface area contributed by atoms with Gasteiger partial charge in [0.1, 0.15) is 23.4 Å². The number of aromatic hydroxyl groups is 1. The molecule has 1 aliphatic rings. The zero-order valence-corrected chi connectivity index (χ0v) is 23.3. The van der Waals surface area contributed by atoms with Crippen molar-refractivity contribution in [3.8, 4) is 5.75 Å². The van der Waals surface area contributed by atoms with Crippen molar-refractivity contribution < 1.29 is 29.0 Å². The molecule has 1 saturated carbocycles. The zero-order chi connectivity index (χ0) is 28.5. The molecule has 212 valence electrons. The van der Waals surface area contributed by atoms with Crippen molar-refractivity contribution in [1.82, 2.24) is 15.5 Å². The molecule has 10 nitrogen and oxygen atoms in total. The maximum Gasteiger partial charge on any atom is 0.408 e. The van der Waals surface area contributed by atoms with E-state index in [2.05, 4.69) is 10.6 Å². The van der Waals surface area contributed by atoms with Crippen LogP contribution in [0.1, 0.15) is 97.6 Å². The minimum atomic E-state index is -1.18. The molecular weight excluding hydrogens is 488 g/mol. The Morgan fingerprint density at radius 1 is 1.13 bits per heavy atom. The molecule has 1 aromatic rings. The van der Waals surface area contributed by atoms with Crippen LogP contribution in [0.2, 0.25) is 0 Å². The standard InChI is InChI=1S/C28H44N4O6/c1-6-18(2)32(26(36)21(16-17-23(29)34)31-27(37)38-28(3,4)5)24(20-14-10-11-15-22(20)33)25(35)30-19-12-8-7-9-13-19/h10-11,14-15,18-19,21,24,33H,6-9,12-13,16-17H2,1-5H3,(H2,29,34)(H,30,35)(H,31,37). The number of para-hydroxylation sites is 1. The fourth-order valence-electron chi connectivity index (χ4n) is 4.63. The average molecular weight is 533 g/mol. The van der Waals surface area contributed by atoms with E-state index in [-0.39, 0.29) is 30.2 Å². The van der Waals surface area contributed by atoms with Gasteiger partial charge in [-0.1, -0.05) is 44.4 Å². The molecule has 1 aliphatic carbocycles. The molecule has 0 aromatic heterocycles. The summed E-state index contributed by atoms with van der Waals surface area (Å²) in [5.41, 5.74) is 4.82. The molecule has 3 unspecified atom stereocenters. The van der Waals surface area contributed by atoms with Crippen LogP contribution in [0.3, 0.4) is 0 Å². The number of ether oxygens (including phenoxy) is 1. The molecule has 38 heavy (non-hydrogen) atoms. The molecule has 4 amide bonds. The number of primary amides is 1. The van der Waals surface area contributed by atoms with Crippen molar-refractivity contribution in [2.45, 2.75) is 116 Å². The van der Waals surface area contributed by atoms with Crippen LogP contribution < -0.4 is 16.4 Å². The van der Waals surface area contributed by atoms with Gasteiger partial charge in [-0.3, -0.25) is 14.4 Å². The SMILES string of the molecule is CCC(C)N(C(=O)C(CCC(N)=O)NC(=O)OC(C)(C)C)C(C(=O)NC1CCCCC1)c1ccccc1O. The zero-order valence-electron chi connectivity index (χ0n) is 23.3. The summed E-state index contributed by atoms with van der Waals surface area (Å²) in [7, 11) is 0. The Hall–Kier alpha value is -3.30. The minimum absolute atomic E-state index is 0.0240. The smallest absolute Gasteiger partial charge is 0.408 e. The molecule has 1 aromatic carbocycles. The third-order valence-electron chi connectivity index (χ3n) is 6.70. The summed E-state index contributed by atoms with van der Waals surface area (Å²) in [5.74, 6) is -1.72. The molecule has 0 bridgehead atoms. The van der Waals surface area contributed by atoms with Gasteiger partial charge in [0.05, 0.1) is 0 Å². The van der Waals surface area contributed by atoms with Crippen LogP contribution in [0, 0.1) is 0 Å². The number of phenolic OH excluding ortho intramolecular Hbond substituents is 1. The number of amides is 4. The lowest BCUT2D eigenvalue weighted by Crippen LogP contribution is -2.56. The number of nitrogens with one attached hydrogen (secondary N) is 2. The number of carbonyl (C=O) groups is 4. The van der Waals surface area contributed by atoms with Crippen molar-refractivity contribution in [2.24, 2.45) is 5.73 Å². The van der Waals surface area contributed by atoms with Crippen molar-refractivity contribution in [1.29, 1.82) is 0 Å². The highest BCUT2D eigenvalue weighted by molar-refractivity contribution is 5.93. The Labute approximate surface area is 225 Å². The second kappa shape index (κ2) is 14.0. The number of benzene rings is 1. The van der Waals surface area contributed by atoms with E-state index in [4.69, 9.17) is 10.5 Å². The number of rotatable bonds is 11. The Kier molecular flexibility index (Phi) is 11.4. The third kappa shape index (κ3) is 9.22. The van der Waals surface area contributed by atoms with Crippen LogP contribution in [0.5, 0.6) is 5.75 Å². The first-order chi connectivity index (χ1) is 17.8. The molecule has 10 heteroatoms. The van der Waals surface area contributed by atoms with Crippen molar-refractivity contribution in [3.05, 3.63) is 29.8 Å². The van der Waals surface area contributed by atoms with E-state index >= 15 is 0 Å². The molecule has 0 radical (unpaired) electrons. The largest absolute Gasteiger partial charge is 0.508 e. The van der Waals surface area contributed by atoms with Gasteiger partial charge >= 0.3 is 6.09 Å². The number of nitrogens with two attached hydrogens (primary N) is 1. The maximum atomic E-state index is 14.1. The van der Waals surface area contributed by atoms with Gasteiger partial charge in [0.2, 0.25) is 17.7 Å². The van der Waals surface area contributed by atoms with Gasteiger partial charge < -0.3 is 31.1 Å². The monoisotopic (exact) mass is 532 g/mol. The molecule has 0 heterocycles. The Bertz CT molecular complexity index is 970. The van der Waals surface area contributed by atoms with Gasteiger partial charge in [-0.25, -0.2) is 4.79 Å². The van der Waals surface area contributed by atoms with Crippen LogP contribution in [0.15, 0.2) is 24.3 Å². The fraction of sp³-hybridized carbons (Fsp3) is 0.643. The normalized spacial score (nSPS) is 16.6. The minimum Gasteiger partial charge on any atom is -0.508 e. The molecule has 2 rings (SSSR count). The van der Waals surface area contributed by atoms with E-state index in [1.165, 1.54) is 11.0 Å². The number of nitrogens with zero attached hydrogens (tertiary/aromatic N) is 1. The van der Waals surface area contributed by atoms with E-state index < -0.39 is 47.5 Å². The number of phenols is 1. The van der Waals surface area contributed by atoms with Gasteiger partial charge in [-0.2, -0.15) is 0 Å². The highest BCUT2D eigenvalue weighted by Crippen LogP contribution is 2.33. The van der Waals surface area contributed by atoms with E-state index in [0.717, 1.165) is 32.1 Å². The summed E-state index contributed by atoms with van der Waals surface area (Å²) < 4.78 is 5.35.